The first-order valence-electron chi connectivity index (χ1n) is 15.2. The van der Waals surface area contributed by atoms with Crippen LogP contribution in [0.2, 0.25) is 0 Å². The minimum absolute atomic E-state index is 0.0407. The minimum Gasteiger partial charge on any atom is -0.497 e. The van der Waals surface area contributed by atoms with Gasteiger partial charge in [0.2, 0.25) is 17.7 Å². The maximum Gasteiger partial charge on any atom is 0.246 e. The van der Waals surface area contributed by atoms with E-state index in [-0.39, 0.29) is 35.7 Å². The number of carbonyl (C=O) groups excluding carboxylic acids is 3. The number of nitrogens with one attached hydrogen (secondary N) is 2. The summed E-state index contributed by atoms with van der Waals surface area (Å²) >= 11 is 0. The van der Waals surface area contributed by atoms with E-state index in [0.717, 1.165) is 38.5 Å². The molecule has 0 radical (unpaired) electrons. The molecule has 2 saturated carbocycles. The van der Waals surface area contributed by atoms with E-state index in [1.807, 2.05) is 17.1 Å². The predicted octanol–water partition coefficient (Wildman–Crippen LogP) is 4.30. The Bertz CT molecular complexity index is 1180. The van der Waals surface area contributed by atoms with E-state index in [1.165, 1.54) is 6.42 Å². The number of fused-ring (bicyclic) bond motifs is 1. The van der Waals surface area contributed by atoms with Gasteiger partial charge in [-0.25, -0.2) is 0 Å². The largest absolute Gasteiger partial charge is 0.497 e. The molecular weight excluding hydrogens is 506 g/mol. The predicted molar refractivity (Wildman–Crippen MR) is 152 cm³/mol. The van der Waals surface area contributed by atoms with Crippen molar-refractivity contribution in [2.24, 2.45) is 29.6 Å². The highest BCUT2D eigenvalue weighted by Gasteiger charge is 2.73. The third-order valence-corrected chi connectivity index (χ3v) is 10.7. The second kappa shape index (κ2) is 10.5. The molecule has 3 heterocycles. The molecule has 1 aromatic rings. The van der Waals surface area contributed by atoms with E-state index in [2.05, 4.69) is 31.4 Å². The van der Waals surface area contributed by atoms with Crippen LogP contribution in [-0.2, 0) is 19.1 Å². The monoisotopic (exact) mass is 549 g/mol. The average Bonchev–Trinajstić information content (AvgIpc) is 3.59. The van der Waals surface area contributed by atoms with Crippen LogP contribution in [0.25, 0.3) is 0 Å². The molecule has 3 aliphatic heterocycles. The van der Waals surface area contributed by atoms with E-state index >= 15 is 0 Å². The highest BCUT2D eigenvalue weighted by molar-refractivity contribution is 6.03. The lowest BCUT2D eigenvalue weighted by atomic mass is 9.73. The zero-order chi connectivity index (χ0) is 28.2. The van der Waals surface area contributed by atoms with Gasteiger partial charge < -0.3 is 25.0 Å². The van der Waals surface area contributed by atoms with Crippen LogP contribution in [0.15, 0.2) is 36.4 Å². The molecule has 40 heavy (non-hydrogen) atoms. The molecular formula is C32H43N3O5. The van der Waals surface area contributed by atoms with Gasteiger partial charge in [-0.05, 0) is 61.3 Å². The van der Waals surface area contributed by atoms with Crippen molar-refractivity contribution in [1.82, 2.24) is 10.2 Å². The molecule has 1 spiro atoms. The average molecular weight is 550 g/mol. The number of ether oxygens (including phenoxy) is 2. The summed E-state index contributed by atoms with van der Waals surface area (Å²) in [5.74, 6) is -0.0649. The van der Waals surface area contributed by atoms with Crippen LogP contribution in [0.3, 0.4) is 0 Å². The number of hydrogen-bond acceptors (Lipinski definition) is 5. The van der Waals surface area contributed by atoms with Crippen molar-refractivity contribution in [3.63, 3.8) is 0 Å². The number of anilines is 1. The molecule has 216 valence electrons. The van der Waals surface area contributed by atoms with Crippen LogP contribution >= 0.6 is 0 Å². The number of carbonyl (C=O) groups is 3. The van der Waals surface area contributed by atoms with Crippen LogP contribution in [0.4, 0.5) is 5.69 Å². The molecule has 1 aromatic carbocycles. The number of benzene rings is 1. The number of rotatable bonds is 6. The van der Waals surface area contributed by atoms with E-state index in [1.54, 1.807) is 31.4 Å². The number of methoxy groups -OCH3 is 1. The van der Waals surface area contributed by atoms with Gasteiger partial charge in [0.15, 0.2) is 0 Å². The summed E-state index contributed by atoms with van der Waals surface area (Å²) in [5, 5.41) is 6.37. The molecule has 10 atom stereocenters. The molecule has 8 nitrogen and oxygen atoms in total. The smallest absolute Gasteiger partial charge is 0.246 e. The Morgan fingerprint density at radius 1 is 0.975 bits per heavy atom. The molecule has 8 heteroatoms. The fourth-order valence-electron chi connectivity index (χ4n) is 8.22. The van der Waals surface area contributed by atoms with Gasteiger partial charge in [0, 0.05) is 17.8 Å². The normalized spacial score (nSPS) is 40.1. The summed E-state index contributed by atoms with van der Waals surface area (Å²) in [6.45, 7) is 6.65. The van der Waals surface area contributed by atoms with Gasteiger partial charge in [-0.15, -0.1) is 0 Å². The SMILES string of the molecule is COc1ccc(NC(=O)[C@H]2[C@H]3C=C[C@@]4(O3)[C@H]2C(=O)N([C@@H]2CCCC[C@@H]2C)[C@@H]4C(=O)N[C@@H]2CCC[C@H](C)[C@H]2C)cc1. The lowest BCUT2D eigenvalue weighted by Crippen LogP contribution is -2.60. The summed E-state index contributed by atoms with van der Waals surface area (Å²) < 4.78 is 11.8. The lowest BCUT2D eigenvalue weighted by Gasteiger charge is -2.42. The topological polar surface area (TPSA) is 97.0 Å². The first kappa shape index (κ1) is 27.3. The highest BCUT2D eigenvalue weighted by atomic mass is 16.5. The molecule has 0 unspecified atom stereocenters. The third-order valence-electron chi connectivity index (χ3n) is 10.7. The summed E-state index contributed by atoms with van der Waals surface area (Å²) in [6.07, 6.45) is 10.5. The highest BCUT2D eigenvalue weighted by Crippen LogP contribution is 2.56. The molecule has 5 aliphatic rings. The lowest BCUT2D eigenvalue weighted by molar-refractivity contribution is -0.146. The van der Waals surface area contributed by atoms with Crippen molar-refractivity contribution in [1.29, 1.82) is 0 Å². The number of nitrogens with zero attached hydrogens (tertiary/aromatic N) is 1. The Kier molecular flexibility index (Phi) is 7.18. The fraction of sp³-hybridized carbons (Fsp3) is 0.656. The number of likely N-dealkylation sites (tertiary alicyclic amines) is 1. The van der Waals surface area contributed by atoms with Crippen LogP contribution in [0, 0.1) is 29.6 Å². The number of amides is 3. The quantitative estimate of drug-likeness (QED) is 0.516. The Morgan fingerprint density at radius 3 is 2.42 bits per heavy atom. The fourth-order valence-corrected chi connectivity index (χ4v) is 8.22. The molecule has 0 aromatic heterocycles. The Balaban J connectivity index is 1.32. The van der Waals surface area contributed by atoms with Crippen LogP contribution in [0.1, 0.15) is 65.7 Å². The Morgan fingerprint density at radius 2 is 1.70 bits per heavy atom. The summed E-state index contributed by atoms with van der Waals surface area (Å²) in [5.41, 5.74) is -0.501. The maximum atomic E-state index is 14.4. The van der Waals surface area contributed by atoms with Gasteiger partial charge in [-0.1, -0.05) is 58.6 Å². The van der Waals surface area contributed by atoms with Crippen molar-refractivity contribution in [2.75, 3.05) is 12.4 Å². The molecule has 2 saturated heterocycles. The Labute approximate surface area is 237 Å². The van der Waals surface area contributed by atoms with Gasteiger partial charge in [0.1, 0.15) is 17.4 Å². The standard InChI is InChI=1S/C32H43N3O5/c1-18-9-7-10-23(20(18)3)34-30(37)28-32-17-16-25(40-32)26(29(36)33-21-12-14-22(39-4)15-13-21)27(32)31(38)35(28)24-11-6-5-8-19(24)2/h12-20,23-28H,5-11H2,1-4H3,(H,33,36)(H,34,37)/t18-,19-,20+,23+,24+,25+,26-,27+,28+,32+/m0/s1. The first-order valence-corrected chi connectivity index (χ1v) is 15.2. The van der Waals surface area contributed by atoms with Gasteiger partial charge >= 0.3 is 0 Å². The maximum absolute atomic E-state index is 14.4. The van der Waals surface area contributed by atoms with E-state index < -0.39 is 29.6 Å². The van der Waals surface area contributed by atoms with Crippen molar-refractivity contribution >= 4 is 23.4 Å². The molecule has 2 N–H and O–H groups in total. The Hall–Kier alpha value is -2.87. The number of hydrogen-bond donors (Lipinski definition) is 2. The summed E-state index contributed by atoms with van der Waals surface area (Å²) in [6, 6.07) is 6.39. The van der Waals surface area contributed by atoms with Crippen molar-refractivity contribution in [3.05, 3.63) is 36.4 Å². The molecule has 2 bridgehead atoms. The van der Waals surface area contributed by atoms with Crippen LogP contribution in [0.5, 0.6) is 5.75 Å². The summed E-state index contributed by atoms with van der Waals surface area (Å²) in [7, 11) is 1.60. The molecule has 6 rings (SSSR count). The van der Waals surface area contributed by atoms with Gasteiger partial charge in [-0.3, -0.25) is 14.4 Å². The minimum atomic E-state index is -1.13. The van der Waals surface area contributed by atoms with Crippen LogP contribution < -0.4 is 15.4 Å². The molecule has 2 aliphatic carbocycles. The zero-order valence-corrected chi connectivity index (χ0v) is 24.1. The second-order valence-electron chi connectivity index (χ2n) is 12.9. The van der Waals surface area contributed by atoms with Crippen molar-refractivity contribution in [2.45, 2.75) is 95.5 Å². The van der Waals surface area contributed by atoms with Crippen molar-refractivity contribution in [3.8, 4) is 5.75 Å². The second-order valence-corrected chi connectivity index (χ2v) is 12.9. The molecule has 3 amide bonds. The third kappa shape index (κ3) is 4.34. The van der Waals surface area contributed by atoms with E-state index in [0.29, 0.717) is 23.3 Å². The van der Waals surface area contributed by atoms with Gasteiger partial charge in [-0.2, -0.15) is 0 Å². The van der Waals surface area contributed by atoms with E-state index in [4.69, 9.17) is 9.47 Å². The van der Waals surface area contributed by atoms with Crippen molar-refractivity contribution < 1.29 is 23.9 Å². The first-order chi connectivity index (χ1) is 19.2. The zero-order valence-electron chi connectivity index (χ0n) is 24.1. The van der Waals surface area contributed by atoms with Gasteiger partial charge in [0.25, 0.3) is 0 Å². The molecule has 4 fully saturated rings. The van der Waals surface area contributed by atoms with Gasteiger partial charge in [0.05, 0.1) is 25.0 Å². The van der Waals surface area contributed by atoms with Crippen LogP contribution in [-0.4, -0.2) is 59.6 Å². The van der Waals surface area contributed by atoms with E-state index in [9.17, 15) is 14.4 Å². The summed E-state index contributed by atoms with van der Waals surface area (Å²) in [4.78, 5) is 44.3.